The van der Waals surface area contributed by atoms with E-state index < -0.39 is 0 Å². The van der Waals surface area contributed by atoms with E-state index in [1.807, 2.05) is 32.9 Å². The highest BCUT2D eigenvalue weighted by Crippen LogP contribution is 2.30. The Labute approximate surface area is 124 Å². The number of carbonyl (C=O) groups excluding carboxylic acids is 1. The van der Waals surface area contributed by atoms with E-state index in [0.29, 0.717) is 0 Å². The van der Waals surface area contributed by atoms with Crippen molar-refractivity contribution in [1.82, 2.24) is 15.1 Å². The molecule has 0 saturated heterocycles. The number of hydrogen-bond acceptors (Lipinski definition) is 3. The molecule has 5 nitrogen and oxygen atoms in total. The van der Waals surface area contributed by atoms with Crippen molar-refractivity contribution in [2.75, 3.05) is 0 Å². The lowest BCUT2D eigenvalue weighted by Crippen LogP contribution is -2.36. The van der Waals surface area contributed by atoms with Gasteiger partial charge in [0.05, 0.1) is 18.0 Å². The Morgan fingerprint density at radius 1 is 1.52 bits per heavy atom. The zero-order valence-corrected chi connectivity index (χ0v) is 12.7. The van der Waals surface area contributed by atoms with Gasteiger partial charge >= 0.3 is 0 Å². The number of nitrogens with one attached hydrogen (secondary N) is 1. The van der Waals surface area contributed by atoms with Crippen LogP contribution in [0.3, 0.4) is 0 Å². The first-order valence-electron chi connectivity index (χ1n) is 7.45. The molecule has 2 aromatic heterocycles. The van der Waals surface area contributed by atoms with E-state index in [1.54, 1.807) is 10.9 Å². The summed E-state index contributed by atoms with van der Waals surface area (Å²) in [6, 6.07) is 3.70. The van der Waals surface area contributed by atoms with Gasteiger partial charge in [-0.3, -0.25) is 9.48 Å². The molecule has 1 N–H and O–H groups in total. The quantitative estimate of drug-likeness (QED) is 0.944. The lowest BCUT2D eigenvalue weighted by Gasteiger charge is -2.24. The van der Waals surface area contributed by atoms with Crippen molar-refractivity contribution in [3.05, 3.63) is 41.1 Å². The number of aryl methyl sites for hydroxylation is 3. The van der Waals surface area contributed by atoms with Crippen LogP contribution in [0.15, 0.2) is 22.8 Å². The third kappa shape index (κ3) is 2.60. The van der Waals surface area contributed by atoms with Crippen LogP contribution in [0.1, 0.15) is 54.6 Å². The molecule has 0 fully saturated rings. The molecule has 0 aliphatic heterocycles. The summed E-state index contributed by atoms with van der Waals surface area (Å²) in [5.74, 6) is 1.01. The second kappa shape index (κ2) is 5.39. The Kier molecular flexibility index (Phi) is 3.57. The van der Waals surface area contributed by atoms with Gasteiger partial charge in [-0.2, -0.15) is 5.10 Å². The maximum absolute atomic E-state index is 12.5. The van der Waals surface area contributed by atoms with Gasteiger partial charge in [0, 0.05) is 17.7 Å². The van der Waals surface area contributed by atoms with Gasteiger partial charge in [-0.25, -0.2) is 0 Å². The van der Waals surface area contributed by atoms with Gasteiger partial charge in [-0.1, -0.05) is 0 Å². The molecule has 1 aliphatic rings. The summed E-state index contributed by atoms with van der Waals surface area (Å²) in [4.78, 5) is 12.5. The Morgan fingerprint density at radius 2 is 2.33 bits per heavy atom. The van der Waals surface area contributed by atoms with Gasteiger partial charge in [0.25, 0.3) is 0 Å². The number of hydrogen-bond donors (Lipinski definition) is 1. The molecule has 1 aliphatic carbocycles. The minimum Gasteiger partial charge on any atom is -0.469 e. The van der Waals surface area contributed by atoms with Gasteiger partial charge in [0.15, 0.2) is 0 Å². The largest absolute Gasteiger partial charge is 0.469 e. The van der Waals surface area contributed by atoms with Gasteiger partial charge in [0.2, 0.25) is 5.91 Å². The maximum Gasteiger partial charge on any atom is 0.245 e. The average molecular weight is 287 g/mol. The Balaban J connectivity index is 1.74. The minimum absolute atomic E-state index is 0.000231. The molecule has 1 amide bonds. The van der Waals surface area contributed by atoms with E-state index in [9.17, 15) is 4.79 Å². The molecule has 5 heteroatoms. The molecule has 0 spiro atoms. The molecule has 21 heavy (non-hydrogen) atoms. The average Bonchev–Trinajstić information content (AvgIpc) is 3.04. The number of nitrogens with zero attached hydrogens (tertiary/aromatic N) is 2. The Hall–Kier alpha value is -2.04. The highest BCUT2D eigenvalue weighted by Gasteiger charge is 2.26. The fourth-order valence-corrected chi connectivity index (χ4v) is 3.08. The first-order valence-corrected chi connectivity index (χ1v) is 7.45. The monoisotopic (exact) mass is 287 g/mol. The first kappa shape index (κ1) is 13.9. The lowest BCUT2D eigenvalue weighted by atomic mass is 9.93. The van der Waals surface area contributed by atoms with Gasteiger partial charge in [-0.05, 0) is 45.7 Å². The standard InChI is InChI=1S/C16H21N3O2/c1-10-9-11(2)19(18-10)12(3)16(20)17-14-5-4-6-15-13(14)7-8-21-15/h7-9,12,14H,4-6H2,1-3H3,(H,17,20)/t12-,14+/m0/s1. The molecule has 0 radical (unpaired) electrons. The predicted molar refractivity (Wildman–Crippen MR) is 78.9 cm³/mol. The summed E-state index contributed by atoms with van der Waals surface area (Å²) < 4.78 is 7.25. The van der Waals surface area contributed by atoms with E-state index in [-0.39, 0.29) is 18.0 Å². The third-order valence-corrected chi connectivity index (χ3v) is 4.16. The van der Waals surface area contributed by atoms with Crippen LogP contribution in [0.4, 0.5) is 0 Å². The van der Waals surface area contributed by atoms with Crippen molar-refractivity contribution in [3.8, 4) is 0 Å². The predicted octanol–water partition coefficient (Wildman–Crippen LogP) is 2.85. The van der Waals surface area contributed by atoms with Gasteiger partial charge in [0.1, 0.15) is 11.8 Å². The summed E-state index contributed by atoms with van der Waals surface area (Å²) in [5.41, 5.74) is 3.06. The molecule has 112 valence electrons. The molecule has 2 aromatic rings. The van der Waals surface area contributed by atoms with E-state index >= 15 is 0 Å². The normalized spacial score (nSPS) is 19.1. The molecular weight excluding hydrogens is 266 g/mol. The van der Waals surface area contributed by atoms with Crippen LogP contribution in [0.25, 0.3) is 0 Å². The molecule has 0 aromatic carbocycles. The van der Waals surface area contributed by atoms with E-state index in [1.165, 1.54) is 0 Å². The third-order valence-electron chi connectivity index (χ3n) is 4.16. The highest BCUT2D eigenvalue weighted by molar-refractivity contribution is 5.80. The van der Waals surface area contributed by atoms with Crippen LogP contribution >= 0.6 is 0 Å². The highest BCUT2D eigenvalue weighted by atomic mass is 16.3. The number of furan rings is 1. The van der Waals surface area contributed by atoms with Crippen LogP contribution in [-0.4, -0.2) is 15.7 Å². The molecule has 3 rings (SSSR count). The first-order chi connectivity index (χ1) is 10.1. The van der Waals surface area contributed by atoms with E-state index in [0.717, 1.165) is 42.0 Å². The van der Waals surface area contributed by atoms with Crippen molar-refractivity contribution in [3.63, 3.8) is 0 Å². The van der Waals surface area contributed by atoms with Crippen LogP contribution in [0.2, 0.25) is 0 Å². The fraction of sp³-hybridized carbons (Fsp3) is 0.500. The summed E-state index contributed by atoms with van der Waals surface area (Å²) >= 11 is 0. The Bertz CT molecular complexity index is 656. The second-order valence-electron chi connectivity index (χ2n) is 5.80. The lowest BCUT2D eigenvalue weighted by molar-refractivity contribution is -0.125. The van der Waals surface area contributed by atoms with E-state index in [2.05, 4.69) is 10.4 Å². The van der Waals surface area contributed by atoms with Gasteiger partial charge in [-0.15, -0.1) is 0 Å². The second-order valence-corrected chi connectivity index (χ2v) is 5.80. The SMILES string of the molecule is Cc1cc(C)n([C@@H](C)C(=O)N[C@@H]2CCCc3occc32)n1. The smallest absolute Gasteiger partial charge is 0.245 e. The number of aromatic nitrogens is 2. The topological polar surface area (TPSA) is 60.1 Å². The van der Waals surface area contributed by atoms with Crippen molar-refractivity contribution in [2.24, 2.45) is 0 Å². The van der Waals surface area contributed by atoms with Crippen LogP contribution < -0.4 is 5.32 Å². The Morgan fingerprint density at radius 3 is 3.05 bits per heavy atom. The maximum atomic E-state index is 12.5. The number of carbonyl (C=O) groups is 1. The van der Waals surface area contributed by atoms with Gasteiger partial charge < -0.3 is 9.73 Å². The van der Waals surface area contributed by atoms with Crippen LogP contribution in [0, 0.1) is 13.8 Å². The summed E-state index contributed by atoms with van der Waals surface area (Å²) in [6.45, 7) is 5.79. The molecule has 0 saturated carbocycles. The zero-order chi connectivity index (χ0) is 15.0. The summed E-state index contributed by atoms with van der Waals surface area (Å²) in [7, 11) is 0. The van der Waals surface area contributed by atoms with Crippen LogP contribution in [-0.2, 0) is 11.2 Å². The van der Waals surface area contributed by atoms with Crippen molar-refractivity contribution in [1.29, 1.82) is 0 Å². The molecule has 2 heterocycles. The van der Waals surface area contributed by atoms with Crippen LogP contribution in [0.5, 0.6) is 0 Å². The van der Waals surface area contributed by atoms with E-state index in [4.69, 9.17) is 4.42 Å². The van der Waals surface area contributed by atoms with Crippen molar-refractivity contribution in [2.45, 2.75) is 52.1 Å². The number of amides is 1. The minimum atomic E-state index is -0.309. The molecule has 2 atom stereocenters. The zero-order valence-electron chi connectivity index (χ0n) is 12.7. The molecule has 0 bridgehead atoms. The summed E-state index contributed by atoms with van der Waals surface area (Å²) in [5, 5.41) is 7.53. The molecular formula is C16H21N3O2. The summed E-state index contributed by atoms with van der Waals surface area (Å²) in [6.07, 6.45) is 4.67. The van der Waals surface area contributed by atoms with Crippen molar-refractivity contribution >= 4 is 5.91 Å². The fourth-order valence-electron chi connectivity index (χ4n) is 3.08. The molecule has 0 unspecified atom stereocenters. The number of fused-ring (bicyclic) bond motifs is 1. The number of rotatable bonds is 3. The van der Waals surface area contributed by atoms with Crippen molar-refractivity contribution < 1.29 is 9.21 Å².